The lowest BCUT2D eigenvalue weighted by Crippen LogP contribution is -2.20. The van der Waals surface area contributed by atoms with Crippen LogP contribution in [0.4, 0.5) is 10.7 Å². The molecule has 0 bridgehead atoms. The smallest absolute Gasteiger partial charge is 0.348 e. The Morgan fingerprint density at radius 1 is 1.26 bits per heavy atom. The van der Waals surface area contributed by atoms with E-state index in [9.17, 15) is 24.5 Å². The van der Waals surface area contributed by atoms with Gasteiger partial charge in [-0.25, -0.2) is 9.59 Å². The molecule has 0 aliphatic heterocycles. The molecule has 0 aliphatic carbocycles. The summed E-state index contributed by atoms with van der Waals surface area (Å²) in [7, 11) is 2.37. The van der Waals surface area contributed by atoms with Gasteiger partial charge in [0.25, 0.3) is 0 Å². The van der Waals surface area contributed by atoms with Crippen molar-refractivity contribution in [1.82, 2.24) is 9.78 Å². The van der Waals surface area contributed by atoms with E-state index in [1.165, 1.54) is 28.1 Å². The second-order valence-corrected chi connectivity index (χ2v) is 6.37. The van der Waals surface area contributed by atoms with E-state index >= 15 is 0 Å². The molecule has 2 aromatic heterocycles. The summed E-state index contributed by atoms with van der Waals surface area (Å²) in [5.74, 6) is -1.96. The highest BCUT2D eigenvalue weighted by Gasteiger charge is 2.27. The largest absolute Gasteiger partial charge is 0.465 e. The van der Waals surface area contributed by atoms with Crippen molar-refractivity contribution < 1.29 is 28.8 Å². The Balaban J connectivity index is 2.29. The summed E-state index contributed by atoms with van der Waals surface area (Å²) in [6, 6.07) is 0. The topological polar surface area (TPSA) is 143 Å². The predicted molar refractivity (Wildman–Crippen MR) is 94.0 cm³/mol. The van der Waals surface area contributed by atoms with E-state index in [4.69, 9.17) is 4.74 Å². The lowest BCUT2D eigenvalue weighted by atomic mass is 10.1. The maximum Gasteiger partial charge on any atom is 0.348 e. The van der Waals surface area contributed by atoms with Crippen molar-refractivity contribution >= 4 is 39.9 Å². The monoisotopic (exact) mass is 396 g/mol. The van der Waals surface area contributed by atoms with Crippen LogP contribution in [0.5, 0.6) is 0 Å². The highest BCUT2D eigenvalue weighted by molar-refractivity contribution is 7.18. The molecule has 0 spiro atoms. The van der Waals surface area contributed by atoms with Crippen LogP contribution in [-0.2, 0) is 20.8 Å². The molecule has 2 aromatic rings. The summed E-state index contributed by atoms with van der Waals surface area (Å²) in [6.45, 7) is 2.66. The van der Waals surface area contributed by atoms with Crippen LogP contribution in [0, 0.1) is 24.0 Å². The number of methoxy groups -OCH3 is 2. The summed E-state index contributed by atoms with van der Waals surface area (Å²) < 4.78 is 10.5. The van der Waals surface area contributed by atoms with Crippen molar-refractivity contribution in [3.05, 3.63) is 38.0 Å². The lowest BCUT2D eigenvalue weighted by Gasteiger charge is -2.06. The molecule has 0 fully saturated rings. The fourth-order valence-electron chi connectivity index (χ4n) is 2.32. The molecule has 12 heteroatoms. The first-order valence-corrected chi connectivity index (χ1v) is 8.29. The Kier molecular flexibility index (Phi) is 5.90. The molecular weight excluding hydrogens is 380 g/mol. The zero-order valence-corrected chi connectivity index (χ0v) is 15.7. The number of ether oxygens (including phenoxy) is 2. The van der Waals surface area contributed by atoms with Crippen molar-refractivity contribution in [1.29, 1.82) is 0 Å². The van der Waals surface area contributed by atoms with E-state index in [1.807, 2.05) is 0 Å². The van der Waals surface area contributed by atoms with Gasteiger partial charge in [-0.2, -0.15) is 5.10 Å². The van der Waals surface area contributed by atoms with Crippen LogP contribution in [0.25, 0.3) is 0 Å². The van der Waals surface area contributed by atoms with Gasteiger partial charge in [-0.1, -0.05) is 0 Å². The van der Waals surface area contributed by atoms with Crippen LogP contribution < -0.4 is 5.32 Å². The van der Waals surface area contributed by atoms with Gasteiger partial charge < -0.3 is 14.8 Å². The van der Waals surface area contributed by atoms with E-state index in [0.29, 0.717) is 5.56 Å². The van der Waals surface area contributed by atoms with Crippen molar-refractivity contribution in [3.8, 4) is 0 Å². The van der Waals surface area contributed by atoms with E-state index in [2.05, 4.69) is 15.2 Å². The maximum atomic E-state index is 12.3. The molecule has 0 saturated heterocycles. The zero-order valence-electron chi connectivity index (χ0n) is 14.9. The number of nitrogens with zero attached hydrogens (tertiary/aromatic N) is 3. The third-order valence-electron chi connectivity index (χ3n) is 3.58. The molecule has 1 N–H and O–H groups in total. The Labute approximate surface area is 157 Å². The third-order valence-corrected chi connectivity index (χ3v) is 4.77. The Bertz CT molecular complexity index is 931. The molecule has 0 atom stereocenters. The summed E-state index contributed by atoms with van der Waals surface area (Å²) in [6.07, 6.45) is 1.13. The van der Waals surface area contributed by atoms with Gasteiger partial charge in [0, 0.05) is 0 Å². The molecule has 0 aromatic carbocycles. The van der Waals surface area contributed by atoms with Crippen LogP contribution >= 0.6 is 11.3 Å². The minimum atomic E-state index is -0.722. The van der Waals surface area contributed by atoms with Crippen LogP contribution in [0.3, 0.4) is 0 Å². The minimum Gasteiger partial charge on any atom is -0.465 e. The standard InChI is InChI=1S/C15H16N4O7S/c1-7-11(14(21)25-3)13(27-12(7)15(22)26-4)16-10(20)6-18-5-9(19(23)24)8(2)17-18/h5H,6H2,1-4H3,(H,16,20). The van der Waals surface area contributed by atoms with Crippen molar-refractivity contribution in [2.75, 3.05) is 19.5 Å². The Morgan fingerprint density at radius 3 is 2.41 bits per heavy atom. The average molecular weight is 396 g/mol. The zero-order chi connectivity index (χ0) is 20.3. The number of hydrogen-bond donors (Lipinski definition) is 1. The quantitative estimate of drug-likeness (QED) is 0.441. The highest BCUT2D eigenvalue weighted by Crippen LogP contribution is 2.34. The number of nitrogens with one attached hydrogen (secondary N) is 1. The summed E-state index contributed by atoms with van der Waals surface area (Å²) >= 11 is 0.869. The predicted octanol–water partition coefficient (Wildman–Crippen LogP) is 1.68. The van der Waals surface area contributed by atoms with Crippen molar-refractivity contribution in [3.63, 3.8) is 0 Å². The number of thiophene rings is 1. The molecule has 0 aliphatic rings. The van der Waals surface area contributed by atoms with Crippen LogP contribution in [-0.4, -0.2) is 46.8 Å². The number of nitro groups is 1. The Morgan fingerprint density at radius 2 is 1.89 bits per heavy atom. The van der Waals surface area contributed by atoms with E-state index in [-0.39, 0.29) is 33.4 Å². The highest BCUT2D eigenvalue weighted by atomic mass is 32.1. The minimum absolute atomic E-state index is 0.0406. The number of hydrogen-bond acceptors (Lipinski definition) is 9. The molecule has 27 heavy (non-hydrogen) atoms. The molecule has 0 saturated carbocycles. The number of aromatic nitrogens is 2. The van der Waals surface area contributed by atoms with Gasteiger partial charge in [0.2, 0.25) is 5.91 Å². The Hall–Kier alpha value is -3.28. The second-order valence-electron chi connectivity index (χ2n) is 5.35. The number of esters is 2. The van der Waals surface area contributed by atoms with Crippen molar-refractivity contribution in [2.45, 2.75) is 20.4 Å². The fraction of sp³-hybridized carbons (Fsp3) is 0.333. The molecule has 1 amide bonds. The van der Waals surface area contributed by atoms with Crippen LogP contribution in [0.2, 0.25) is 0 Å². The molecule has 0 radical (unpaired) electrons. The second kappa shape index (κ2) is 7.95. The SMILES string of the molecule is COC(=O)c1sc(NC(=O)Cn2cc([N+](=O)[O-])c(C)n2)c(C(=O)OC)c1C. The molecular formula is C15H16N4O7S. The van der Waals surface area contributed by atoms with Gasteiger partial charge in [-0.05, 0) is 19.4 Å². The number of rotatable bonds is 6. The molecule has 2 rings (SSSR count). The van der Waals surface area contributed by atoms with Crippen LogP contribution in [0.15, 0.2) is 6.20 Å². The van der Waals surface area contributed by atoms with Gasteiger partial charge >= 0.3 is 17.6 Å². The first-order chi connectivity index (χ1) is 12.7. The van der Waals surface area contributed by atoms with E-state index in [1.54, 1.807) is 0 Å². The number of carbonyl (C=O) groups excluding carboxylic acids is 3. The number of amides is 1. The number of carbonyl (C=O) groups is 3. The summed E-state index contributed by atoms with van der Waals surface area (Å²) in [4.78, 5) is 46.6. The summed E-state index contributed by atoms with van der Waals surface area (Å²) in [5.41, 5.74) is 0.319. The first-order valence-electron chi connectivity index (χ1n) is 7.47. The van der Waals surface area contributed by atoms with Crippen molar-refractivity contribution in [2.24, 2.45) is 0 Å². The van der Waals surface area contributed by atoms with Gasteiger partial charge in [0.1, 0.15) is 28.3 Å². The lowest BCUT2D eigenvalue weighted by molar-refractivity contribution is -0.385. The van der Waals surface area contributed by atoms with Gasteiger partial charge in [0.05, 0.1) is 24.7 Å². The molecule has 144 valence electrons. The van der Waals surface area contributed by atoms with Crippen LogP contribution in [0.1, 0.15) is 31.3 Å². The van der Waals surface area contributed by atoms with Gasteiger partial charge in [-0.15, -0.1) is 11.3 Å². The fourth-order valence-corrected chi connectivity index (χ4v) is 3.45. The van der Waals surface area contributed by atoms with Gasteiger partial charge in [-0.3, -0.25) is 19.6 Å². The molecule has 0 unspecified atom stereocenters. The maximum absolute atomic E-state index is 12.3. The molecule has 11 nitrogen and oxygen atoms in total. The number of aryl methyl sites for hydroxylation is 1. The van der Waals surface area contributed by atoms with E-state index < -0.39 is 22.8 Å². The molecule has 2 heterocycles. The van der Waals surface area contributed by atoms with Gasteiger partial charge in [0.15, 0.2) is 0 Å². The first kappa shape index (κ1) is 20.0. The summed E-state index contributed by atoms with van der Waals surface area (Å²) in [5, 5.41) is 17.4. The number of anilines is 1. The third kappa shape index (κ3) is 4.11. The average Bonchev–Trinajstić information content (AvgIpc) is 3.13. The van der Waals surface area contributed by atoms with E-state index in [0.717, 1.165) is 22.2 Å². The normalized spacial score (nSPS) is 10.4.